The average Bonchev–Trinajstić information content (AvgIpc) is 2.54. The normalized spacial score (nSPS) is 10.6. The highest BCUT2D eigenvalue weighted by Gasteiger charge is 2.07. The van der Waals surface area contributed by atoms with Gasteiger partial charge < -0.3 is 14.5 Å². The molecule has 0 aliphatic rings. The molecule has 0 spiro atoms. The van der Waals surface area contributed by atoms with Crippen molar-refractivity contribution in [2.45, 2.75) is 0 Å². The molecule has 0 saturated heterocycles. The second-order valence-corrected chi connectivity index (χ2v) is 4.53. The molecule has 5 nitrogen and oxygen atoms in total. The molecule has 0 atom stereocenters. The van der Waals surface area contributed by atoms with E-state index in [0.717, 1.165) is 5.56 Å². The number of benzene rings is 2. The predicted molar refractivity (Wildman–Crippen MR) is 80.9 cm³/mol. The molecule has 1 N–H and O–H groups in total. The molecule has 3 aromatic rings. The van der Waals surface area contributed by atoms with Crippen molar-refractivity contribution in [2.24, 2.45) is 0 Å². The van der Waals surface area contributed by atoms with E-state index in [1.807, 2.05) is 24.3 Å². The summed E-state index contributed by atoms with van der Waals surface area (Å²) < 4.78 is 10.3. The Labute approximate surface area is 121 Å². The lowest BCUT2D eigenvalue weighted by molar-refractivity contribution is 0.415. The van der Waals surface area contributed by atoms with Gasteiger partial charge in [0.1, 0.15) is 17.3 Å². The molecular formula is C16H14N2O3. The van der Waals surface area contributed by atoms with Crippen LogP contribution in [0.2, 0.25) is 0 Å². The Balaban J connectivity index is 2.18. The number of nitrogens with zero attached hydrogens (tertiary/aromatic N) is 1. The zero-order chi connectivity index (χ0) is 14.8. The Morgan fingerprint density at radius 3 is 2.52 bits per heavy atom. The van der Waals surface area contributed by atoms with Crippen molar-refractivity contribution >= 4 is 10.9 Å². The molecule has 0 unspecified atom stereocenters. The first-order valence-electron chi connectivity index (χ1n) is 6.44. The van der Waals surface area contributed by atoms with Crippen molar-refractivity contribution < 1.29 is 9.47 Å². The van der Waals surface area contributed by atoms with E-state index in [2.05, 4.69) is 9.97 Å². The first-order chi connectivity index (χ1) is 10.2. The lowest BCUT2D eigenvalue weighted by Gasteiger charge is -2.06. The molecule has 106 valence electrons. The molecule has 0 aliphatic carbocycles. The van der Waals surface area contributed by atoms with Crippen molar-refractivity contribution in [1.29, 1.82) is 0 Å². The number of hydrogen-bond donors (Lipinski definition) is 1. The van der Waals surface area contributed by atoms with E-state index in [4.69, 9.17) is 9.47 Å². The summed E-state index contributed by atoms with van der Waals surface area (Å²) in [5.41, 5.74) is 1.22. The summed E-state index contributed by atoms with van der Waals surface area (Å²) in [7, 11) is 3.16. The van der Waals surface area contributed by atoms with Crippen molar-refractivity contribution in [2.75, 3.05) is 14.2 Å². The molecule has 2 aromatic carbocycles. The monoisotopic (exact) mass is 282 g/mol. The van der Waals surface area contributed by atoms with Gasteiger partial charge in [-0.2, -0.15) is 0 Å². The van der Waals surface area contributed by atoms with Crippen LogP contribution in [0.3, 0.4) is 0 Å². The van der Waals surface area contributed by atoms with E-state index in [9.17, 15) is 4.79 Å². The Kier molecular flexibility index (Phi) is 3.31. The first kappa shape index (κ1) is 13.2. The van der Waals surface area contributed by atoms with Crippen molar-refractivity contribution in [1.82, 2.24) is 9.97 Å². The summed E-state index contributed by atoms with van der Waals surface area (Å²) in [5, 5.41) is 0.501. The molecular weight excluding hydrogens is 268 g/mol. The molecule has 1 heterocycles. The summed E-state index contributed by atoms with van der Waals surface area (Å²) in [6, 6.07) is 12.6. The highest BCUT2D eigenvalue weighted by atomic mass is 16.5. The van der Waals surface area contributed by atoms with E-state index in [-0.39, 0.29) is 5.56 Å². The highest BCUT2D eigenvalue weighted by molar-refractivity contribution is 5.81. The molecule has 0 saturated carbocycles. The van der Waals surface area contributed by atoms with Crippen molar-refractivity contribution in [3.8, 4) is 22.9 Å². The standard InChI is InChI=1S/C16H14N2O3/c1-20-11-5-3-4-10(8-11)15-17-14-7-6-12(21-2)9-13(14)16(19)18-15/h3-9H,1-2H3,(H,17,18,19). The van der Waals surface area contributed by atoms with Gasteiger partial charge in [0.05, 0.1) is 25.1 Å². The fourth-order valence-corrected chi connectivity index (χ4v) is 2.15. The van der Waals surface area contributed by atoms with Gasteiger partial charge in [-0.3, -0.25) is 4.79 Å². The first-order valence-corrected chi connectivity index (χ1v) is 6.44. The SMILES string of the molecule is COc1cccc(-c2nc3ccc(OC)cc3c(=O)[nH]2)c1. The van der Waals surface area contributed by atoms with Gasteiger partial charge in [0.15, 0.2) is 0 Å². The number of methoxy groups -OCH3 is 2. The van der Waals surface area contributed by atoms with Crippen LogP contribution in [-0.2, 0) is 0 Å². The highest BCUT2D eigenvalue weighted by Crippen LogP contribution is 2.22. The lowest BCUT2D eigenvalue weighted by atomic mass is 10.2. The lowest BCUT2D eigenvalue weighted by Crippen LogP contribution is -2.09. The van der Waals surface area contributed by atoms with Crippen LogP contribution in [0.4, 0.5) is 0 Å². The zero-order valence-corrected chi connectivity index (χ0v) is 11.7. The number of rotatable bonds is 3. The van der Waals surface area contributed by atoms with Gasteiger partial charge in [-0.1, -0.05) is 12.1 Å². The minimum Gasteiger partial charge on any atom is -0.497 e. The third kappa shape index (κ3) is 2.45. The van der Waals surface area contributed by atoms with Crippen LogP contribution in [0.25, 0.3) is 22.3 Å². The van der Waals surface area contributed by atoms with E-state index >= 15 is 0 Å². The Morgan fingerprint density at radius 1 is 1.00 bits per heavy atom. The summed E-state index contributed by atoms with van der Waals surface area (Å²) >= 11 is 0. The zero-order valence-electron chi connectivity index (χ0n) is 11.7. The molecule has 21 heavy (non-hydrogen) atoms. The minimum absolute atomic E-state index is 0.197. The van der Waals surface area contributed by atoms with Gasteiger partial charge >= 0.3 is 0 Å². The van der Waals surface area contributed by atoms with Crippen LogP contribution in [0.5, 0.6) is 11.5 Å². The number of aromatic amines is 1. The average molecular weight is 282 g/mol. The molecule has 3 rings (SSSR count). The maximum absolute atomic E-state index is 12.2. The van der Waals surface area contributed by atoms with Crippen LogP contribution in [-0.4, -0.2) is 24.2 Å². The quantitative estimate of drug-likeness (QED) is 0.802. The summed E-state index contributed by atoms with van der Waals surface area (Å²) in [6.07, 6.45) is 0. The fourth-order valence-electron chi connectivity index (χ4n) is 2.15. The van der Waals surface area contributed by atoms with E-state index in [1.165, 1.54) is 0 Å². The van der Waals surface area contributed by atoms with Crippen LogP contribution < -0.4 is 15.0 Å². The van der Waals surface area contributed by atoms with E-state index in [1.54, 1.807) is 32.4 Å². The van der Waals surface area contributed by atoms with Gasteiger partial charge in [0, 0.05) is 5.56 Å². The van der Waals surface area contributed by atoms with Gasteiger partial charge in [0.2, 0.25) is 0 Å². The number of hydrogen-bond acceptors (Lipinski definition) is 4. The third-order valence-corrected chi connectivity index (χ3v) is 3.26. The van der Waals surface area contributed by atoms with Crippen LogP contribution in [0, 0.1) is 0 Å². The van der Waals surface area contributed by atoms with Crippen LogP contribution >= 0.6 is 0 Å². The smallest absolute Gasteiger partial charge is 0.259 e. The number of ether oxygens (including phenoxy) is 2. The molecule has 1 aromatic heterocycles. The maximum Gasteiger partial charge on any atom is 0.259 e. The van der Waals surface area contributed by atoms with Crippen molar-refractivity contribution in [3.63, 3.8) is 0 Å². The number of H-pyrrole nitrogens is 1. The van der Waals surface area contributed by atoms with Gasteiger partial charge in [0.25, 0.3) is 5.56 Å². The molecule has 0 radical (unpaired) electrons. The fraction of sp³-hybridized carbons (Fsp3) is 0.125. The van der Waals surface area contributed by atoms with Crippen molar-refractivity contribution in [3.05, 3.63) is 52.8 Å². The van der Waals surface area contributed by atoms with E-state index in [0.29, 0.717) is 28.2 Å². The molecule has 0 fully saturated rings. The van der Waals surface area contributed by atoms with Gasteiger partial charge in [-0.05, 0) is 30.3 Å². The largest absolute Gasteiger partial charge is 0.497 e. The molecule has 0 aliphatic heterocycles. The summed E-state index contributed by atoms with van der Waals surface area (Å²) in [4.78, 5) is 19.5. The van der Waals surface area contributed by atoms with Crippen LogP contribution in [0.15, 0.2) is 47.3 Å². The summed E-state index contributed by atoms with van der Waals surface area (Å²) in [5.74, 6) is 1.85. The minimum atomic E-state index is -0.197. The van der Waals surface area contributed by atoms with Crippen LogP contribution in [0.1, 0.15) is 0 Å². The Bertz CT molecular complexity index is 856. The number of aromatic nitrogens is 2. The Hall–Kier alpha value is -2.82. The molecule has 5 heteroatoms. The predicted octanol–water partition coefficient (Wildman–Crippen LogP) is 2.61. The topological polar surface area (TPSA) is 64.2 Å². The molecule has 0 amide bonds. The second kappa shape index (κ2) is 5.28. The second-order valence-electron chi connectivity index (χ2n) is 4.53. The maximum atomic E-state index is 12.2. The summed E-state index contributed by atoms with van der Waals surface area (Å²) in [6.45, 7) is 0. The van der Waals surface area contributed by atoms with Gasteiger partial charge in [-0.25, -0.2) is 4.98 Å². The van der Waals surface area contributed by atoms with E-state index < -0.39 is 0 Å². The third-order valence-electron chi connectivity index (χ3n) is 3.26. The molecule has 0 bridgehead atoms. The number of fused-ring (bicyclic) bond motifs is 1. The van der Waals surface area contributed by atoms with Gasteiger partial charge in [-0.15, -0.1) is 0 Å². The number of nitrogens with one attached hydrogen (secondary N) is 1. The Morgan fingerprint density at radius 2 is 1.76 bits per heavy atom.